The first-order chi connectivity index (χ1) is 11.7. The number of hydrogen-bond acceptors (Lipinski definition) is 3. The number of nitrogens with one attached hydrogen (secondary N) is 1. The summed E-state index contributed by atoms with van der Waals surface area (Å²) >= 11 is 0. The van der Waals surface area contributed by atoms with Gasteiger partial charge in [0.25, 0.3) is 5.56 Å². The summed E-state index contributed by atoms with van der Waals surface area (Å²) < 4.78 is 40.3. The van der Waals surface area contributed by atoms with Crippen LogP contribution < -0.4 is 16.6 Å². The average molecular weight is 358 g/mol. The second-order valence-corrected chi connectivity index (χ2v) is 6.83. The number of likely N-dealkylation sites (tertiary alicyclic amines) is 1. The van der Waals surface area contributed by atoms with Crippen LogP contribution in [-0.4, -0.2) is 34.1 Å². The molecule has 1 atom stereocenters. The Bertz CT molecular complexity index is 738. The van der Waals surface area contributed by atoms with Crippen molar-refractivity contribution < 1.29 is 18.0 Å². The minimum absolute atomic E-state index is 0.0217. The van der Waals surface area contributed by atoms with Crippen molar-refractivity contribution in [1.82, 2.24) is 14.8 Å². The molecule has 9 heteroatoms. The summed E-state index contributed by atoms with van der Waals surface area (Å²) in [6, 6.07) is -0.552. The number of pyridine rings is 1. The van der Waals surface area contributed by atoms with Gasteiger partial charge in [-0.15, -0.1) is 0 Å². The zero-order chi connectivity index (χ0) is 18.4. The number of rotatable bonds is 1. The van der Waals surface area contributed by atoms with Crippen molar-refractivity contribution in [2.75, 3.05) is 13.1 Å². The quantitative estimate of drug-likeness (QED) is 0.803. The fraction of sp³-hybridized carbons (Fsp3) is 0.625. The molecular weight excluding hydrogens is 337 g/mol. The number of nitrogens with two attached hydrogens (primary N) is 1. The van der Waals surface area contributed by atoms with Crippen molar-refractivity contribution in [1.29, 1.82) is 0 Å². The Morgan fingerprint density at radius 1 is 1.32 bits per heavy atom. The predicted molar refractivity (Wildman–Crippen MR) is 84.9 cm³/mol. The monoisotopic (exact) mass is 358 g/mol. The van der Waals surface area contributed by atoms with Gasteiger partial charge in [0, 0.05) is 24.3 Å². The Hall–Kier alpha value is -2.03. The number of aryl methyl sites for hydroxylation is 1. The fourth-order valence-electron chi connectivity index (χ4n) is 4.18. The molecule has 1 aromatic heterocycles. The minimum atomic E-state index is -4.57. The number of aromatic nitrogens is 1. The van der Waals surface area contributed by atoms with Gasteiger partial charge >= 0.3 is 12.2 Å². The van der Waals surface area contributed by atoms with Crippen LogP contribution >= 0.6 is 0 Å². The highest BCUT2D eigenvalue weighted by atomic mass is 19.4. The number of primary amides is 1. The Morgan fingerprint density at radius 2 is 1.96 bits per heavy atom. The molecule has 2 saturated heterocycles. The molecule has 1 spiro atoms. The molecule has 2 fully saturated rings. The average Bonchev–Trinajstić information content (AvgIpc) is 2.88. The van der Waals surface area contributed by atoms with Crippen LogP contribution in [0.3, 0.4) is 0 Å². The smallest absolute Gasteiger partial charge is 0.351 e. The van der Waals surface area contributed by atoms with Gasteiger partial charge in [-0.1, -0.05) is 0 Å². The van der Waals surface area contributed by atoms with Crippen molar-refractivity contribution in [2.45, 2.75) is 43.4 Å². The second kappa shape index (κ2) is 6.05. The van der Waals surface area contributed by atoms with Gasteiger partial charge in [-0.25, -0.2) is 4.79 Å². The predicted octanol–water partition coefficient (Wildman–Crippen LogP) is 1.74. The van der Waals surface area contributed by atoms with Crippen LogP contribution in [0.5, 0.6) is 0 Å². The summed E-state index contributed by atoms with van der Waals surface area (Å²) in [7, 11) is 1.28. The van der Waals surface area contributed by atoms with Crippen LogP contribution in [-0.2, 0) is 13.2 Å². The molecule has 25 heavy (non-hydrogen) atoms. The van der Waals surface area contributed by atoms with E-state index in [9.17, 15) is 22.8 Å². The van der Waals surface area contributed by atoms with Gasteiger partial charge in [0.15, 0.2) is 0 Å². The SMILES string of the molecule is Cn1cc(C(F)(F)F)cc(C2CCC3(CCNCC3)N2C(N)=O)c1=O. The van der Waals surface area contributed by atoms with E-state index >= 15 is 0 Å². The molecule has 0 radical (unpaired) electrons. The first-order valence-electron chi connectivity index (χ1n) is 8.23. The minimum Gasteiger partial charge on any atom is -0.351 e. The maximum Gasteiger partial charge on any atom is 0.417 e. The summed E-state index contributed by atoms with van der Waals surface area (Å²) in [5.41, 5.74) is 3.64. The lowest BCUT2D eigenvalue weighted by Gasteiger charge is -2.43. The van der Waals surface area contributed by atoms with Crippen LogP contribution in [0.15, 0.2) is 17.1 Å². The Morgan fingerprint density at radius 3 is 2.52 bits per heavy atom. The molecule has 0 aliphatic carbocycles. The van der Waals surface area contributed by atoms with Crippen molar-refractivity contribution in [2.24, 2.45) is 12.8 Å². The van der Waals surface area contributed by atoms with Gasteiger partial charge < -0.3 is 20.5 Å². The molecule has 0 bridgehead atoms. The fourth-order valence-corrected chi connectivity index (χ4v) is 4.18. The highest BCUT2D eigenvalue weighted by Gasteiger charge is 2.50. The van der Waals surface area contributed by atoms with E-state index < -0.39 is 34.9 Å². The number of nitrogens with zero attached hydrogens (tertiary/aromatic N) is 2. The van der Waals surface area contributed by atoms with Gasteiger partial charge in [-0.2, -0.15) is 13.2 Å². The summed E-state index contributed by atoms with van der Waals surface area (Å²) in [5.74, 6) is 0. The van der Waals surface area contributed by atoms with Crippen molar-refractivity contribution in [3.8, 4) is 0 Å². The third kappa shape index (κ3) is 3.01. The van der Waals surface area contributed by atoms with Crippen molar-refractivity contribution >= 4 is 6.03 Å². The topological polar surface area (TPSA) is 80.4 Å². The second-order valence-electron chi connectivity index (χ2n) is 6.83. The van der Waals surface area contributed by atoms with Gasteiger partial charge in [-0.05, 0) is 44.8 Å². The molecule has 1 aromatic rings. The maximum atomic E-state index is 13.1. The maximum absolute atomic E-state index is 13.1. The van der Waals surface area contributed by atoms with E-state index in [4.69, 9.17) is 5.73 Å². The molecule has 3 N–H and O–H groups in total. The number of hydrogen-bond donors (Lipinski definition) is 2. The molecule has 3 heterocycles. The van der Waals surface area contributed by atoms with Crippen molar-refractivity contribution in [3.05, 3.63) is 33.7 Å². The van der Waals surface area contributed by atoms with E-state index in [1.807, 2.05) is 0 Å². The first-order valence-corrected chi connectivity index (χ1v) is 8.23. The normalized spacial score (nSPS) is 23.2. The lowest BCUT2D eigenvalue weighted by atomic mass is 9.86. The Balaban J connectivity index is 2.08. The van der Waals surface area contributed by atoms with Crippen LogP contribution in [0.25, 0.3) is 0 Å². The van der Waals surface area contributed by atoms with E-state index in [2.05, 4.69) is 5.32 Å². The van der Waals surface area contributed by atoms with E-state index in [0.717, 1.165) is 16.8 Å². The summed E-state index contributed by atoms with van der Waals surface area (Å²) in [6.45, 7) is 1.41. The van der Waals surface area contributed by atoms with Gasteiger partial charge in [-0.3, -0.25) is 4.79 Å². The number of urea groups is 1. The number of alkyl halides is 3. The number of carbonyl (C=O) groups excluding carboxylic acids is 1. The Kier molecular flexibility index (Phi) is 4.30. The summed E-state index contributed by atoms with van der Waals surface area (Å²) in [4.78, 5) is 26.1. The largest absolute Gasteiger partial charge is 0.417 e. The molecule has 0 saturated carbocycles. The van der Waals surface area contributed by atoms with E-state index in [1.165, 1.54) is 11.9 Å². The zero-order valence-electron chi connectivity index (χ0n) is 13.9. The van der Waals surface area contributed by atoms with E-state index in [-0.39, 0.29) is 5.56 Å². The van der Waals surface area contributed by atoms with Gasteiger partial charge in [0.05, 0.1) is 11.6 Å². The lowest BCUT2D eigenvalue weighted by Crippen LogP contribution is -2.55. The van der Waals surface area contributed by atoms with E-state index in [1.54, 1.807) is 0 Å². The number of amides is 2. The molecule has 0 aromatic carbocycles. The first kappa shape index (κ1) is 17.8. The molecule has 1 unspecified atom stereocenters. The Labute approximate surface area is 142 Å². The molecule has 3 rings (SSSR count). The van der Waals surface area contributed by atoms with Gasteiger partial charge in [0.1, 0.15) is 0 Å². The van der Waals surface area contributed by atoms with Crippen molar-refractivity contribution in [3.63, 3.8) is 0 Å². The molecule has 2 aliphatic rings. The third-order valence-electron chi connectivity index (χ3n) is 5.37. The number of piperidine rings is 1. The lowest BCUT2D eigenvalue weighted by molar-refractivity contribution is -0.138. The molecule has 2 aliphatic heterocycles. The molecule has 6 nitrogen and oxygen atoms in total. The number of halogens is 3. The standard InChI is InChI=1S/C16H21F3N4O2/c1-22-9-10(16(17,18)19)8-11(13(22)24)12-2-3-15(23(12)14(20)25)4-6-21-7-5-15/h8-9,12,21H,2-7H2,1H3,(H2,20,25). The van der Waals surface area contributed by atoms with Crippen LogP contribution in [0, 0.1) is 0 Å². The molecule has 138 valence electrons. The zero-order valence-corrected chi connectivity index (χ0v) is 13.9. The molecule has 2 amide bonds. The third-order valence-corrected chi connectivity index (χ3v) is 5.37. The molecular formula is C16H21F3N4O2. The van der Waals surface area contributed by atoms with Crippen LogP contribution in [0.2, 0.25) is 0 Å². The summed E-state index contributed by atoms with van der Waals surface area (Å²) in [5, 5.41) is 3.21. The summed E-state index contributed by atoms with van der Waals surface area (Å²) in [6.07, 6.45) is -1.39. The van der Waals surface area contributed by atoms with Gasteiger partial charge in [0.2, 0.25) is 0 Å². The van der Waals surface area contributed by atoms with Crippen LogP contribution in [0.4, 0.5) is 18.0 Å². The highest BCUT2D eigenvalue weighted by Crippen LogP contribution is 2.46. The number of carbonyl (C=O) groups is 1. The van der Waals surface area contributed by atoms with Crippen LogP contribution in [0.1, 0.15) is 42.9 Å². The van der Waals surface area contributed by atoms with E-state index in [0.29, 0.717) is 38.8 Å². The highest BCUT2D eigenvalue weighted by molar-refractivity contribution is 5.74.